The number of benzene rings is 1. The molecule has 0 spiro atoms. The van der Waals surface area contributed by atoms with Crippen molar-refractivity contribution in [1.29, 1.82) is 0 Å². The molecule has 4 aromatic rings. The fourth-order valence-corrected chi connectivity index (χ4v) is 5.63. The van der Waals surface area contributed by atoms with Gasteiger partial charge in [-0.1, -0.05) is 12.1 Å². The summed E-state index contributed by atoms with van der Waals surface area (Å²) in [4.78, 5) is 18.1. The van der Waals surface area contributed by atoms with Crippen LogP contribution in [-0.4, -0.2) is 30.2 Å². The van der Waals surface area contributed by atoms with Gasteiger partial charge in [0.15, 0.2) is 0 Å². The van der Waals surface area contributed by atoms with Crippen LogP contribution in [-0.2, 0) is 7.05 Å². The molecule has 32 heavy (non-hydrogen) atoms. The van der Waals surface area contributed by atoms with Crippen molar-refractivity contribution in [1.82, 2.24) is 24.5 Å². The van der Waals surface area contributed by atoms with E-state index in [0.29, 0.717) is 11.6 Å². The number of fused-ring (bicyclic) bond motifs is 2. The van der Waals surface area contributed by atoms with E-state index in [2.05, 4.69) is 51.1 Å². The summed E-state index contributed by atoms with van der Waals surface area (Å²) in [5.41, 5.74) is 5.56. The summed E-state index contributed by atoms with van der Waals surface area (Å²) in [6, 6.07) is 9.87. The Bertz CT molecular complexity index is 1390. The standard InChI is InChI=1S/C26H31N5O/c1-16-9-18(20-12-25(2,3)29-26(4,5)13-20)15-31-23(32)11-22(27-24(16)31)17-7-8-21-19(10-17)14-30(6)28-21/h7-11,14-15,20,29H,12-13H2,1-6H3. The number of nitrogens with zero attached hydrogens (tertiary/aromatic N) is 4. The SMILES string of the molecule is Cc1cc(C2CC(C)(C)NC(C)(C)C2)cn2c(=O)cc(-c3ccc4nn(C)cc4c3)nc12. The second kappa shape index (κ2) is 7.01. The van der Waals surface area contributed by atoms with E-state index in [1.807, 2.05) is 37.6 Å². The van der Waals surface area contributed by atoms with Gasteiger partial charge in [-0.15, -0.1) is 0 Å². The van der Waals surface area contributed by atoms with E-state index < -0.39 is 0 Å². The second-order valence-electron chi connectivity index (χ2n) is 10.7. The van der Waals surface area contributed by atoms with Gasteiger partial charge in [-0.2, -0.15) is 5.10 Å². The predicted octanol–water partition coefficient (Wildman–Crippen LogP) is 4.58. The lowest BCUT2D eigenvalue weighted by atomic mass is 9.73. The monoisotopic (exact) mass is 429 g/mol. The molecule has 4 heterocycles. The molecule has 1 aliphatic heterocycles. The molecule has 166 valence electrons. The van der Waals surface area contributed by atoms with Crippen molar-refractivity contribution in [3.05, 3.63) is 64.2 Å². The number of hydrogen-bond acceptors (Lipinski definition) is 4. The van der Waals surface area contributed by atoms with Crippen molar-refractivity contribution < 1.29 is 0 Å². The molecule has 0 atom stereocenters. The third-order valence-electron chi connectivity index (χ3n) is 6.54. The van der Waals surface area contributed by atoms with Crippen molar-refractivity contribution in [2.75, 3.05) is 0 Å². The fraction of sp³-hybridized carbons (Fsp3) is 0.423. The van der Waals surface area contributed by atoms with E-state index >= 15 is 0 Å². The third kappa shape index (κ3) is 3.73. The van der Waals surface area contributed by atoms with Crippen LogP contribution >= 0.6 is 0 Å². The summed E-state index contributed by atoms with van der Waals surface area (Å²) in [6.07, 6.45) is 6.06. The summed E-state index contributed by atoms with van der Waals surface area (Å²) in [5.74, 6) is 0.393. The Morgan fingerprint density at radius 2 is 1.75 bits per heavy atom. The first-order valence-corrected chi connectivity index (χ1v) is 11.3. The molecule has 1 fully saturated rings. The first kappa shape index (κ1) is 20.9. The van der Waals surface area contributed by atoms with Crippen molar-refractivity contribution in [3.8, 4) is 11.3 Å². The Balaban J connectivity index is 1.59. The Labute approximate surface area is 188 Å². The van der Waals surface area contributed by atoms with Gasteiger partial charge in [0.05, 0.1) is 11.2 Å². The van der Waals surface area contributed by atoms with Crippen LogP contribution in [0.5, 0.6) is 0 Å². The third-order valence-corrected chi connectivity index (χ3v) is 6.54. The number of pyridine rings is 1. The first-order valence-electron chi connectivity index (χ1n) is 11.3. The average Bonchev–Trinajstić information content (AvgIpc) is 3.05. The number of aryl methyl sites for hydroxylation is 2. The Kier molecular flexibility index (Phi) is 4.57. The van der Waals surface area contributed by atoms with Crippen LogP contribution < -0.4 is 10.9 Å². The molecule has 0 bridgehead atoms. The van der Waals surface area contributed by atoms with Crippen LogP contribution in [0.4, 0.5) is 0 Å². The van der Waals surface area contributed by atoms with Crippen LogP contribution in [0, 0.1) is 6.92 Å². The highest BCUT2D eigenvalue weighted by Crippen LogP contribution is 2.39. The molecule has 0 amide bonds. The van der Waals surface area contributed by atoms with E-state index in [-0.39, 0.29) is 16.6 Å². The largest absolute Gasteiger partial charge is 0.307 e. The van der Waals surface area contributed by atoms with Gasteiger partial charge in [0.25, 0.3) is 5.56 Å². The van der Waals surface area contributed by atoms with E-state index in [9.17, 15) is 4.79 Å². The smallest absolute Gasteiger partial charge is 0.258 e. The first-order chi connectivity index (χ1) is 15.0. The summed E-state index contributed by atoms with van der Waals surface area (Å²) < 4.78 is 3.52. The topological polar surface area (TPSA) is 64.2 Å². The summed E-state index contributed by atoms with van der Waals surface area (Å²) >= 11 is 0. The number of rotatable bonds is 2. The maximum absolute atomic E-state index is 13.2. The molecule has 3 aromatic heterocycles. The molecule has 0 unspecified atom stereocenters. The van der Waals surface area contributed by atoms with E-state index in [0.717, 1.165) is 40.5 Å². The molecule has 1 N–H and O–H groups in total. The summed E-state index contributed by atoms with van der Waals surface area (Å²) in [6.45, 7) is 11.1. The van der Waals surface area contributed by atoms with Crippen LogP contribution in [0.25, 0.3) is 27.8 Å². The Hall–Kier alpha value is -2.99. The van der Waals surface area contributed by atoms with Gasteiger partial charge >= 0.3 is 0 Å². The maximum Gasteiger partial charge on any atom is 0.258 e. The van der Waals surface area contributed by atoms with Gasteiger partial charge < -0.3 is 5.32 Å². The molecule has 5 rings (SSSR count). The summed E-state index contributed by atoms with van der Waals surface area (Å²) in [7, 11) is 1.91. The van der Waals surface area contributed by atoms with Crippen LogP contribution in [0.15, 0.2) is 47.5 Å². The molecule has 0 aliphatic carbocycles. The normalized spacial score (nSPS) is 18.4. The molecule has 1 aromatic carbocycles. The molecule has 0 radical (unpaired) electrons. The van der Waals surface area contributed by atoms with Crippen molar-refractivity contribution >= 4 is 16.6 Å². The molecule has 1 aliphatic rings. The van der Waals surface area contributed by atoms with Crippen LogP contribution in [0.2, 0.25) is 0 Å². The molecular formula is C26H31N5O. The predicted molar refractivity (Wildman–Crippen MR) is 129 cm³/mol. The zero-order chi connectivity index (χ0) is 22.8. The minimum atomic E-state index is -0.0475. The highest BCUT2D eigenvalue weighted by atomic mass is 16.1. The van der Waals surface area contributed by atoms with Gasteiger partial charge in [0.1, 0.15) is 5.65 Å². The number of hydrogen-bond donors (Lipinski definition) is 1. The highest BCUT2D eigenvalue weighted by Gasteiger charge is 2.38. The van der Waals surface area contributed by atoms with E-state index in [1.54, 1.807) is 15.1 Å². The second-order valence-corrected chi connectivity index (χ2v) is 10.7. The van der Waals surface area contributed by atoms with Gasteiger partial charge in [-0.3, -0.25) is 13.9 Å². The van der Waals surface area contributed by atoms with E-state index in [1.165, 1.54) is 5.56 Å². The summed E-state index contributed by atoms with van der Waals surface area (Å²) in [5, 5.41) is 9.21. The zero-order valence-electron chi connectivity index (χ0n) is 19.7. The fourth-order valence-electron chi connectivity index (χ4n) is 5.63. The quantitative estimate of drug-likeness (QED) is 0.507. The lowest BCUT2D eigenvalue weighted by molar-refractivity contribution is 0.161. The highest BCUT2D eigenvalue weighted by molar-refractivity contribution is 5.83. The van der Waals surface area contributed by atoms with Crippen molar-refractivity contribution in [3.63, 3.8) is 0 Å². The number of aromatic nitrogens is 4. The van der Waals surface area contributed by atoms with Gasteiger partial charge in [0.2, 0.25) is 0 Å². The lowest BCUT2D eigenvalue weighted by Crippen LogP contribution is -2.57. The van der Waals surface area contributed by atoms with Crippen molar-refractivity contribution in [2.24, 2.45) is 7.05 Å². The number of nitrogens with one attached hydrogen (secondary N) is 1. The minimum Gasteiger partial charge on any atom is -0.307 e. The average molecular weight is 430 g/mol. The van der Waals surface area contributed by atoms with Gasteiger partial charge in [0, 0.05) is 47.5 Å². The maximum atomic E-state index is 13.2. The zero-order valence-corrected chi connectivity index (χ0v) is 19.7. The Morgan fingerprint density at radius 1 is 1.03 bits per heavy atom. The molecular weight excluding hydrogens is 398 g/mol. The number of piperidine rings is 1. The van der Waals surface area contributed by atoms with Crippen LogP contribution in [0.1, 0.15) is 57.6 Å². The van der Waals surface area contributed by atoms with Gasteiger partial charge in [-0.25, -0.2) is 4.98 Å². The Morgan fingerprint density at radius 3 is 2.47 bits per heavy atom. The van der Waals surface area contributed by atoms with E-state index in [4.69, 9.17) is 4.98 Å². The van der Waals surface area contributed by atoms with Crippen LogP contribution in [0.3, 0.4) is 0 Å². The molecule has 1 saturated heterocycles. The molecule has 6 nitrogen and oxygen atoms in total. The van der Waals surface area contributed by atoms with Crippen molar-refractivity contribution in [2.45, 2.75) is 64.5 Å². The lowest BCUT2D eigenvalue weighted by Gasteiger charge is -2.46. The molecule has 6 heteroatoms. The van der Waals surface area contributed by atoms with Gasteiger partial charge in [-0.05, 0) is 76.6 Å². The minimum absolute atomic E-state index is 0.0475. The molecule has 0 saturated carbocycles.